The zero-order valence-corrected chi connectivity index (χ0v) is 22.0. The van der Waals surface area contributed by atoms with E-state index in [2.05, 4.69) is 61.0 Å². The molecule has 0 heterocycles. The molecule has 0 amide bonds. The topological polar surface area (TPSA) is 26.3 Å². The van der Waals surface area contributed by atoms with Gasteiger partial charge in [0.15, 0.2) is 0 Å². The van der Waals surface area contributed by atoms with Crippen LogP contribution in [0, 0.1) is 40.4 Å². The van der Waals surface area contributed by atoms with Crippen molar-refractivity contribution in [2.24, 2.45) is 40.4 Å². The van der Waals surface area contributed by atoms with E-state index in [1.165, 1.54) is 44.1 Å². The summed E-state index contributed by atoms with van der Waals surface area (Å²) in [7, 11) is 0. The smallest absolute Gasteiger partial charge is 0.149 e. The van der Waals surface area contributed by atoms with Crippen LogP contribution in [0.4, 0.5) is 0 Å². The lowest BCUT2D eigenvalue weighted by molar-refractivity contribution is -0.133. The SMILES string of the molecule is CC(=O)[C@@]1(Br)[C@@H](OCc2ccccc2)CC2[C@@H]3CCC4C[C@@H](C)CC[C@]4(C)C3CC[C@@]21C. The van der Waals surface area contributed by atoms with Crippen molar-refractivity contribution in [1.29, 1.82) is 0 Å². The first kappa shape index (κ1) is 23.1. The molecule has 0 bridgehead atoms. The predicted octanol–water partition coefficient (Wildman–Crippen LogP) is 7.58. The number of ketones is 1. The van der Waals surface area contributed by atoms with Crippen molar-refractivity contribution in [2.45, 2.75) is 96.1 Å². The fourth-order valence-corrected chi connectivity index (χ4v) is 9.83. The molecule has 5 rings (SSSR count). The standard InChI is InChI=1S/C29H41BrO2/c1-19-12-14-27(3)22(16-19)10-11-23-24(27)13-15-28(4)25(23)17-26(29(28,30)20(2)31)32-18-21-8-6-5-7-9-21/h5-9,19,22-26H,10-18H2,1-4H3/t19-,22?,23+,24?,25?,26-,27-,28-,29+/m0/s1. The number of benzene rings is 1. The first-order valence-electron chi connectivity index (χ1n) is 13.1. The van der Waals surface area contributed by atoms with Crippen LogP contribution in [0.15, 0.2) is 30.3 Å². The van der Waals surface area contributed by atoms with Crippen molar-refractivity contribution in [2.75, 3.05) is 0 Å². The van der Waals surface area contributed by atoms with E-state index in [1.54, 1.807) is 6.92 Å². The lowest BCUT2D eigenvalue weighted by Crippen LogP contribution is -2.58. The molecule has 4 aliphatic rings. The summed E-state index contributed by atoms with van der Waals surface area (Å²) in [6.45, 7) is 9.87. The van der Waals surface area contributed by atoms with E-state index in [4.69, 9.17) is 4.74 Å². The van der Waals surface area contributed by atoms with E-state index < -0.39 is 4.32 Å². The normalized spacial score (nSPS) is 47.9. The van der Waals surface area contributed by atoms with Crippen molar-refractivity contribution >= 4 is 21.7 Å². The molecule has 4 fully saturated rings. The number of hydrogen-bond acceptors (Lipinski definition) is 2. The van der Waals surface area contributed by atoms with Gasteiger partial charge in [0.2, 0.25) is 0 Å². The molecule has 0 aromatic heterocycles. The van der Waals surface area contributed by atoms with Gasteiger partial charge in [-0.1, -0.05) is 73.5 Å². The molecule has 1 aromatic rings. The van der Waals surface area contributed by atoms with E-state index in [0.717, 1.165) is 36.5 Å². The van der Waals surface area contributed by atoms with Gasteiger partial charge in [0, 0.05) is 0 Å². The van der Waals surface area contributed by atoms with Crippen LogP contribution in [0.3, 0.4) is 0 Å². The largest absolute Gasteiger partial charge is 0.372 e. The van der Waals surface area contributed by atoms with Crippen molar-refractivity contribution < 1.29 is 9.53 Å². The molecule has 0 spiro atoms. The monoisotopic (exact) mass is 500 g/mol. The van der Waals surface area contributed by atoms with Gasteiger partial charge < -0.3 is 4.74 Å². The van der Waals surface area contributed by atoms with Crippen LogP contribution in [0.5, 0.6) is 0 Å². The number of fused-ring (bicyclic) bond motifs is 5. The second-order valence-electron chi connectivity index (χ2n) is 12.3. The van der Waals surface area contributed by atoms with Gasteiger partial charge in [-0.3, -0.25) is 4.79 Å². The van der Waals surface area contributed by atoms with Crippen LogP contribution >= 0.6 is 15.9 Å². The van der Waals surface area contributed by atoms with E-state index in [1.807, 2.05) is 6.07 Å². The summed E-state index contributed by atoms with van der Waals surface area (Å²) in [6.07, 6.45) is 10.4. The van der Waals surface area contributed by atoms with Gasteiger partial charge in [0.1, 0.15) is 10.1 Å². The van der Waals surface area contributed by atoms with Crippen LogP contribution in [0.1, 0.15) is 84.6 Å². The molecule has 32 heavy (non-hydrogen) atoms. The predicted molar refractivity (Wildman–Crippen MR) is 134 cm³/mol. The first-order valence-corrected chi connectivity index (χ1v) is 13.8. The van der Waals surface area contributed by atoms with Gasteiger partial charge >= 0.3 is 0 Å². The van der Waals surface area contributed by atoms with Crippen LogP contribution in [-0.4, -0.2) is 16.2 Å². The minimum Gasteiger partial charge on any atom is -0.372 e. The molecule has 0 aliphatic heterocycles. The van der Waals surface area contributed by atoms with Crippen molar-refractivity contribution in [3.05, 3.63) is 35.9 Å². The van der Waals surface area contributed by atoms with Crippen LogP contribution in [-0.2, 0) is 16.1 Å². The molecule has 0 N–H and O–H groups in total. The molecule has 176 valence electrons. The molecule has 4 aliphatic carbocycles. The molecule has 2 nitrogen and oxygen atoms in total. The van der Waals surface area contributed by atoms with Gasteiger partial charge in [0.05, 0.1) is 12.7 Å². The van der Waals surface area contributed by atoms with E-state index >= 15 is 0 Å². The molecule has 0 radical (unpaired) electrons. The zero-order valence-electron chi connectivity index (χ0n) is 20.4. The molecule has 1 aromatic carbocycles. The highest BCUT2D eigenvalue weighted by molar-refractivity contribution is 9.10. The average molecular weight is 502 g/mol. The average Bonchev–Trinajstić information content (AvgIpc) is 3.01. The Bertz CT molecular complexity index is 854. The van der Waals surface area contributed by atoms with E-state index in [9.17, 15) is 4.79 Å². The van der Waals surface area contributed by atoms with Crippen molar-refractivity contribution in [1.82, 2.24) is 0 Å². The molecule has 0 saturated heterocycles. The van der Waals surface area contributed by atoms with Crippen LogP contribution in [0.25, 0.3) is 0 Å². The number of halogens is 1. The molecule has 3 heteroatoms. The maximum Gasteiger partial charge on any atom is 0.149 e. The number of rotatable bonds is 4. The van der Waals surface area contributed by atoms with Crippen LogP contribution in [0.2, 0.25) is 0 Å². The number of Topliss-reactive ketones (excluding diaryl/α,β-unsaturated/α-hetero) is 1. The second kappa shape index (κ2) is 8.22. The third-order valence-corrected chi connectivity index (χ3v) is 12.8. The quantitative estimate of drug-likeness (QED) is 0.398. The maximum atomic E-state index is 13.2. The molecular formula is C29H41BrO2. The number of carbonyl (C=O) groups is 1. The van der Waals surface area contributed by atoms with Crippen LogP contribution < -0.4 is 0 Å². The summed E-state index contributed by atoms with van der Waals surface area (Å²) >= 11 is 4.08. The number of hydrogen-bond donors (Lipinski definition) is 0. The highest BCUT2D eigenvalue weighted by atomic mass is 79.9. The zero-order chi connectivity index (χ0) is 22.7. The summed E-state index contributed by atoms with van der Waals surface area (Å²) in [5.74, 6) is 4.19. The summed E-state index contributed by atoms with van der Waals surface area (Å²) in [5.41, 5.74) is 1.67. The number of alkyl halides is 1. The molecule has 3 unspecified atom stereocenters. The highest BCUT2D eigenvalue weighted by Gasteiger charge is 2.69. The van der Waals surface area contributed by atoms with Gasteiger partial charge in [-0.15, -0.1) is 0 Å². The van der Waals surface area contributed by atoms with E-state index in [-0.39, 0.29) is 17.3 Å². The Balaban J connectivity index is 1.43. The third kappa shape index (κ3) is 3.31. The Kier molecular flexibility index (Phi) is 5.93. The van der Waals surface area contributed by atoms with Crippen molar-refractivity contribution in [3.63, 3.8) is 0 Å². The Morgan fingerprint density at radius 1 is 1.03 bits per heavy atom. The van der Waals surface area contributed by atoms with Crippen molar-refractivity contribution in [3.8, 4) is 0 Å². The van der Waals surface area contributed by atoms with Gasteiger partial charge in [0.25, 0.3) is 0 Å². The third-order valence-electron chi connectivity index (χ3n) is 10.9. The Morgan fingerprint density at radius 2 is 1.78 bits per heavy atom. The Hall–Kier alpha value is -0.670. The van der Waals surface area contributed by atoms with E-state index in [0.29, 0.717) is 17.9 Å². The number of ether oxygens (including phenoxy) is 1. The molecule has 4 saturated carbocycles. The maximum absolute atomic E-state index is 13.2. The Labute approximate surface area is 203 Å². The van der Waals surface area contributed by atoms with Gasteiger partial charge in [-0.25, -0.2) is 0 Å². The second-order valence-corrected chi connectivity index (χ2v) is 13.5. The summed E-state index contributed by atoms with van der Waals surface area (Å²) in [5, 5.41) is 0. The molecular weight excluding hydrogens is 460 g/mol. The minimum absolute atomic E-state index is 0.0213. The minimum atomic E-state index is -0.566. The first-order chi connectivity index (χ1) is 15.2. The molecule has 9 atom stereocenters. The lowest BCUT2D eigenvalue weighted by Gasteiger charge is -2.61. The summed E-state index contributed by atoms with van der Waals surface area (Å²) < 4.78 is 6.01. The summed E-state index contributed by atoms with van der Waals surface area (Å²) in [6, 6.07) is 10.4. The van der Waals surface area contributed by atoms with Gasteiger partial charge in [-0.05, 0) is 97.9 Å². The number of carbonyl (C=O) groups excluding carboxylic acids is 1. The summed E-state index contributed by atoms with van der Waals surface area (Å²) in [4.78, 5) is 13.2. The highest BCUT2D eigenvalue weighted by Crippen LogP contribution is 2.70. The fraction of sp³-hybridized carbons (Fsp3) is 0.759. The fourth-order valence-electron chi connectivity index (χ4n) is 9.02. The lowest BCUT2D eigenvalue weighted by atomic mass is 9.44. The van der Waals surface area contributed by atoms with Gasteiger partial charge in [-0.2, -0.15) is 0 Å². The Morgan fingerprint density at radius 3 is 2.50 bits per heavy atom.